The number of allylic oxidation sites excluding steroid dienone is 7. The number of hydrogen-bond donors (Lipinski definition) is 2. The highest BCUT2D eigenvalue weighted by atomic mass is 16.5. The first-order valence-corrected chi connectivity index (χ1v) is 14.7. The predicted molar refractivity (Wildman–Crippen MR) is 162 cm³/mol. The summed E-state index contributed by atoms with van der Waals surface area (Å²) in [5.74, 6) is -0.577. The standard InChI is InChI=1S/C34H45NO7/c1-21(16-28-20-40-26(6)35-28)10-7-13-24(4)34(39)25(5)31-19-29(36)22(2)11-8-12-23(3)30-17-27(18-33(38)41-30)14-9-15-32(37)42-31/h7-13,15-16,20,23,25,27,29-31,34,36,39H,14,17-19H2,1-6H3/b10-7+,12-8+,15-9-,21-16+,22-11-,24-13+/t23-,25-,27+,29+,30-,31+,34+/m1/s1. The Bertz CT molecular complexity index is 1260. The molecule has 7 atom stereocenters. The number of fused-ring (bicyclic) bond motifs is 2. The van der Waals surface area contributed by atoms with Crippen molar-refractivity contribution >= 4 is 18.0 Å². The number of ether oxygens (including phenoxy) is 2. The maximum atomic E-state index is 12.8. The molecule has 1 saturated heterocycles. The quantitative estimate of drug-likeness (QED) is 0.313. The van der Waals surface area contributed by atoms with Crippen molar-refractivity contribution in [2.75, 3.05) is 0 Å². The second-order valence-corrected chi connectivity index (χ2v) is 11.6. The minimum atomic E-state index is -0.910. The average Bonchev–Trinajstić information content (AvgIpc) is 3.34. The normalized spacial score (nSPS) is 31.0. The fourth-order valence-electron chi connectivity index (χ4n) is 5.15. The molecule has 2 N–H and O–H groups in total. The minimum Gasteiger partial charge on any atom is -0.462 e. The van der Waals surface area contributed by atoms with Gasteiger partial charge in [0.15, 0.2) is 5.89 Å². The molecule has 0 aromatic carbocycles. The molecule has 1 aromatic rings. The Labute approximate surface area is 249 Å². The van der Waals surface area contributed by atoms with E-state index in [-0.39, 0.29) is 30.3 Å². The molecule has 1 aromatic heterocycles. The summed E-state index contributed by atoms with van der Waals surface area (Å²) >= 11 is 0. The van der Waals surface area contributed by atoms with Crippen LogP contribution in [0.4, 0.5) is 0 Å². The Kier molecular flexibility index (Phi) is 12.3. The molecule has 0 amide bonds. The molecule has 8 nitrogen and oxygen atoms in total. The molecule has 2 aliphatic rings. The van der Waals surface area contributed by atoms with E-state index in [2.05, 4.69) is 4.98 Å². The second kappa shape index (κ2) is 15.7. The van der Waals surface area contributed by atoms with Crippen LogP contribution < -0.4 is 0 Å². The lowest BCUT2D eigenvalue weighted by molar-refractivity contribution is -0.158. The first kappa shape index (κ1) is 33.0. The van der Waals surface area contributed by atoms with Gasteiger partial charge in [-0.25, -0.2) is 9.78 Å². The first-order valence-electron chi connectivity index (χ1n) is 14.7. The molecule has 0 spiro atoms. The van der Waals surface area contributed by atoms with E-state index in [0.717, 1.165) is 11.3 Å². The van der Waals surface area contributed by atoms with E-state index in [1.165, 1.54) is 6.08 Å². The summed E-state index contributed by atoms with van der Waals surface area (Å²) in [7, 11) is 0. The summed E-state index contributed by atoms with van der Waals surface area (Å²) in [6, 6.07) is 0. The molecular formula is C34H45NO7. The Morgan fingerprint density at radius 3 is 2.64 bits per heavy atom. The Balaban J connectivity index is 1.76. The number of oxazole rings is 1. The van der Waals surface area contributed by atoms with Gasteiger partial charge in [-0.1, -0.05) is 56.4 Å². The molecule has 0 saturated carbocycles. The third kappa shape index (κ3) is 10.1. The van der Waals surface area contributed by atoms with E-state index in [4.69, 9.17) is 13.9 Å². The Morgan fingerprint density at radius 2 is 1.93 bits per heavy atom. The zero-order valence-corrected chi connectivity index (χ0v) is 25.5. The van der Waals surface area contributed by atoms with E-state index in [9.17, 15) is 19.8 Å². The highest BCUT2D eigenvalue weighted by molar-refractivity contribution is 5.82. The molecule has 3 heterocycles. The van der Waals surface area contributed by atoms with Crippen LogP contribution in [0.1, 0.15) is 71.9 Å². The van der Waals surface area contributed by atoms with Crippen LogP contribution in [0, 0.1) is 24.7 Å². The molecule has 228 valence electrons. The summed E-state index contributed by atoms with van der Waals surface area (Å²) in [6.07, 6.45) is 16.8. The SMILES string of the molecule is C/C1=C/C=C/[C@@H](C)[C@H]2C[C@H](C/C=C\C(=O)O[C@H]([C@@H](C)[C@@H](O)/C(C)=C/C=C/C(C)=C/c3coc(C)n3)C[C@@H]1O)CC(=O)O2. The first-order chi connectivity index (χ1) is 19.9. The third-order valence-corrected chi connectivity index (χ3v) is 7.92. The van der Waals surface area contributed by atoms with Gasteiger partial charge in [0.1, 0.15) is 24.2 Å². The van der Waals surface area contributed by atoms with Crippen LogP contribution in [0.3, 0.4) is 0 Å². The zero-order valence-electron chi connectivity index (χ0n) is 25.5. The van der Waals surface area contributed by atoms with E-state index in [1.807, 2.05) is 77.2 Å². The van der Waals surface area contributed by atoms with Gasteiger partial charge in [-0.15, -0.1) is 0 Å². The molecular weight excluding hydrogens is 534 g/mol. The minimum absolute atomic E-state index is 0.0114. The van der Waals surface area contributed by atoms with Crippen LogP contribution in [-0.4, -0.2) is 51.6 Å². The topological polar surface area (TPSA) is 119 Å². The second-order valence-electron chi connectivity index (χ2n) is 11.6. The van der Waals surface area contributed by atoms with Crippen LogP contribution in [0.5, 0.6) is 0 Å². The maximum Gasteiger partial charge on any atom is 0.330 e. The monoisotopic (exact) mass is 579 g/mol. The Morgan fingerprint density at radius 1 is 1.17 bits per heavy atom. The highest BCUT2D eigenvalue weighted by Crippen LogP contribution is 2.30. The number of aliphatic hydroxyl groups excluding tert-OH is 2. The van der Waals surface area contributed by atoms with Gasteiger partial charge in [0.05, 0.1) is 12.2 Å². The summed E-state index contributed by atoms with van der Waals surface area (Å²) in [5, 5.41) is 22.1. The van der Waals surface area contributed by atoms with E-state index in [1.54, 1.807) is 19.3 Å². The van der Waals surface area contributed by atoms with Crippen molar-refractivity contribution < 1.29 is 33.7 Å². The lowest BCUT2D eigenvalue weighted by atomic mass is 9.86. The van der Waals surface area contributed by atoms with Crippen LogP contribution >= 0.6 is 0 Å². The Hall–Kier alpha value is -3.49. The zero-order chi connectivity index (χ0) is 30.8. The number of nitrogens with zero attached hydrogens (tertiary/aromatic N) is 1. The number of aromatic nitrogens is 1. The van der Waals surface area contributed by atoms with E-state index < -0.39 is 30.2 Å². The number of carbonyl (C=O) groups excluding carboxylic acids is 2. The smallest absolute Gasteiger partial charge is 0.330 e. The molecule has 2 bridgehead atoms. The lowest BCUT2D eigenvalue weighted by Crippen LogP contribution is -2.36. The van der Waals surface area contributed by atoms with Crippen molar-refractivity contribution in [3.05, 3.63) is 83.2 Å². The summed E-state index contributed by atoms with van der Waals surface area (Å²) in [6.45, 7) is 11.2. The number of aryl methyl sites for hydroxylation is 1. The van der Waals surface area contributed by atoms with Crippen LogP contribution in [0.25, 0.3) is 6.08 Å². The summed E-state index contributed by atoms with van der Waals surface area (Å²) in [5.41, 5.74) is 3.09. The third-order valence-electron chi connectivity index (χ3n) is 7.92. The molecule has 1 fully saturated rings. The fraction of sp³-hybridized carbons (Fsp3) is 0.500. The lowest BCUT2D eigenvalue weighted by Gasteiger charge is -2.31. The van der Waals surface area contributed by atoms with Crippen LogP contribution in [0.15, 0.2) is 76.0 Å². The number of rotatable bonds is 6. The van der Waals surface area contributed by atoms with Gasteiger partial charge in [0.2, 0.25) is 0 Å². The molecule has 2 aliphatic heterocycles. The van der Waals surface area contributed by atoms with Gasteiger partial charge in [-0.2, -0.15) is 0 Å². The number of aliphatic hydroxyl groups is 2. The predicted octanol–water partition coefficient (Wildman–Crippen LogP) is 5.97. The molecule has 3 rings (SSSR count). The highest BCUT2D eigenvalue weighted by Gasteiger charge is 2.32. The van der Waals surface area contributed by atoms with Gasteiger partial charge >= 0.3 is 11.9 Å². The molecule has 8 heteroatoms. The number of carbonyl (C=O) groups is 2. The van der Waals surface area contributed by atoms with Gasteiger partial charge in [-0.3, -0.25) is 4.79 Å². The van der Waals surface area contributed by atoms with Gasteiger partial charge in [0.25, 0.3) is 0 Å². The number of esters is 2. The number of hydrogen-bond acceptors (Lipinski definition) is 8. The fourth-order valence-corrected chi connectivity index (χ4v) is 5.15. The van der Waals surface area contributed by atoms with Gasteiger partial charge < -0.3 is 24.1 Å². The van der Waals surface area contributed by atoms with Gasteiger partial charge in [-0.05, 0) is 62.3 Å². The van der Waals surface area contributed by atoms with E-state index >= 15 is 0 Å². The van der Waals surface area contributed by atoms with Crippen molar-refractivity contribution in [3.63, 3.8) is 0 Å². The van der Waals surface area contributed by atoms with Crippen molar-refractivity contribution in [3.8, 4) is 0 Å². The molecule has 0 aliphatic carbocycles. The molecule has 0 radical (unpaired) electrons. The molecule has 0 unspecified atom stereocenters. The van der Waals surface area contributed by atoms with Crippen molar-refractivity contribution in [2.24, 2.45) is 17.8 Å². The summed E-state index contributed by atoms with van der Waals surface area (Å²) < 4.78 is 16.6. The largest absolute Gasteiger partial charge is 0.462 e. The average molecular weight is 580 g/mol. The van der Waals surface area contributed by atoms with Crippen molar-refractivity contribution in [1.29, 1.82) is 0 Å². The van der Waals surface area contributed by atoms with Crippen LogP contribution in [0.2, 0.25) is 0 Å². The van der Waals surface area contributed by atoms with Crippen molar-refractivity contribution in [2.45, 2.75) is 91.6 Å². The maximum absolute atomic E-state index is 12.8. The van der Waals surface area contributed by atoms with Gasteiger partial charge in [0, 0.05) is 37.7 Å². The summed E-state index contributed by atoms with van der Waals surface area (Å²) in [4.78, 5) is 29.3. The number of cyclic esters (lactones) is 1. The van der Waals surface area contributed by atoms with Crippen LogP contribution in [-0.2, 0) is 19.1 Å². The van der Waals surface area contributed by atoms with Crippen molar-refractivity contribution in [1.82, 2.24) is 4.98 Å². The molecule has 42 heavy (non-hydrogen) atoms. The van der Waals surface area contributed by atoms with E-state index in [0.29, 0.717) is 36.3 Å².